The first-order chi connectivity index (χ1) is 10.7. The molecule has 0 aliphatic carbocycles. The van der Waals surface area contributed by atoms with Gasteiger partial charge in [-0.3, -0.25) is 4.90 Å². The molecular formula is C19H28N2O2. The van der Waals surface area contributed by atoms with Crippen LogP contribution in [0.2, 0.25) is 0 Å². The molecule has 2 bridgehead atoms. The fourth-order valence-electron chi connectivity index (χ4n) is 5.43. The van der Waals surface area contributed by atoms with E-state index < -0.39 is 11.6 Å². The van der Waals surface area contributed by atoms with Crippen LogP contribution in [0.5, 0.6) is 0 Å². The quantitative estimate of drug-likeness (QED) is 0.891. The summed E-state index contributed by atoms with van der Waals surface area (Å²) in [5.74, 6) is 0. The number of hydrogen-bond donors (Lipinski definition) is 2. The molecule has 4 nitrogen and oxygen atoms in total. The van der Waals surface area contributed by atoms with Gasteiger partial charge in [-0.15, -0.1) is 0 Å². The Labute approximate surface area is 138 Å². The molecule has 2 aliphatic rings. The van der Waals surface area contributed by atoms with Gasteiger partial charge >= 0.3 is 6.09 Å². The molecule has 23 heavy (non-hydrogen) atoms. The van der Waals surface area contributed by atoms with Crippen molar-refractivity contribution in [1.29, 1.82) is 0 Å². The number of likely N-dealkylation sites (N-methyl/N-ethyl adjacent to an activating group) is 1. The molecule has 1 aromatic rings. The van der Waals surface area contributed by atoms with Crippen LogP contribution in [-0.2, 0) is 5.54 Å². The SMILES string of the molecule is CN1C2CCC1(C(NC(=O)O)(c1ccccc1)C(C)(C)C)CC2. The Morgan fingerprint density at radius 2 is 1.78 bits per heavy atom. The van der Waals surface area contributed by atoms with E-state index in [0.29, 0.717) is 6.04 Å². The summed E-state index contributed by atoms with van der Waals surface area (Å²) in [6, 6.07) is 10.8. The number of nitrogens with zero attached hydrogens (tertiary/aromatic N) is 1. The van der Waals surface area contributed by atoms with Crippen LogP contribution in [0.15, 0.2) is 30.3 Å². The van der Waals surface area contributed by atoms with Crippen LogP contribution in [-0.4, -0.2) is 34.7 Å². The van der Waals surface area contributed by atoms with Crippen molar-refractivity contribution in [2.75, 3.05) is 7.05 Å². The molecule has 0 aromatic heterocycles. The summed E-state index contributed by atoms with van der Waals surface area (Å²) in [5.41, 5.74) is 0.0347. The summed E-state index contributed by atoms with van der Waals surface area (Å²) in [4.78, 5) is 14.3. The van der Waals surface area contributed by atoms with Crippen LogP contribution in [0, 0.1) is 5.41 Å². The zero-order valence-electron chi connectivity index (χ0n) is 14.6. The molecule has 3 rings (SSSR count). The van der Waals surface area contributed by atoms with Gasteiger partial charge in [0.25, 0.3) is 0 Å². The van der Waals surface area contributed by atoms with Crippen molar-refractivity contribution in [3.8, 4) is 0 Å². The van der Waals surface area contributed by atoms with Crippen LogP contribution in [0.25, 0.3) is 0 Å². The van der Waals surface area contributed by atoms with Gasteiger partial charge in [0.15, 0.2) is 0 Å². The molecule has 1 amide bonds. The molecule has 0 radical (unpaired) electrons. The lowest BCUT2D eigenvalue weighted by Gasteiger charge is -2.57. The number of carbonyl (C=O) groups is 1. The fourth-order valence-corrected chi connectivity index (χ4v) is 5.43. The minimum absolute atomic E-state index is 0.157. The second kappa shape index (κ2) is 5.23. The lowest BCUT2D eigenvalue weighted by molar-refractivity contribution is -0.0199. The minimum Gasteiger partial charge on any atom is -0.465 e. The van der Waals surface area contributed by atoms with Gasteiger partial charge in [-0.25, -0.2) is 4.79 Å². The molecule has 0 saturated carbocycles. The second-order valence-electron chi connectivity index (χ2n) is 8.17. The Morgan fingerprint density at radius 1 is 1.22 bits per heavy atom. The number of hydrogen-bond acceptors (Lipinski definition) is 2. The van der Waals surface area contributed by atoms with E-state index in [4.69, 9.17) is 0 Å². The Balaban J connectivity index is 2.27. The highest BCUT2D eigenvalue weighted by atomic mass is 16.4. The van der Waals surface area contributed by atoms with Gasteiger partial charge in [0.2, 0.25) is 0 Å². The van der Waals surface area contributed by atoms with Crippen molar-refractivity contribution >= 4 is 6.09 Å². The summed E-state index contributed by atoms with van der Waals surface area (Å²) in [7, 11) is 2.18. The Morgan fingerprint density at radius 3 is 2.17 bits per heavy atom. The van der Waals surface area contributed by atoms with Crippen molar-refractivity contribution in [1.82, 2.24) is 10.2 Å². The van der Waals surface area contributed by atoms with Crippen molar-refractivity contribution in [2.45, 2.75) is 63.6 Å². The molecule has 0 spiro atoms. The normalized spacial score (nSPS) is 30.2. The molecule has 1 aromatic carbocycles. The topological polar surface area (TPSA) is 52.6 Å². The van der Waals surface area contributed by atoms with E-state index in [1.165, 1.54) is 0 Å². The third-order valence-electron chi connectivity index (χ3n) is 6.33. The number of carboxylic acid groups (broad SMARTS) is 1. The average molecular weight is 316 g/mol. The second-order valence-corrected chi connectivity index (χ2v) is 8.17. The van der Waals surface area contributed by atoms with Crippen LogP contribution < -0.4 is 5.32 Å². The molecule has 1 atom stereocenters. The molecule has 2 saturated heterocycles. The number of nitrogens with one attached hydrogen (secondary N) is 1. The molecule has 2 fully saturated rings. The number of fused-ring (bicyclic) bond motifs is 2. The van der Waals surface area contributed by atoms with Gasteiger partial charge in [-0.1, -0.05) is 51.1 Å². The van der Waals surface area contributed by atoms with E-state index in [1.807, 2.05) is 18.2 Å². The molecule has 1 unspecified atom stereocenters. The van der Waals surface area contributed by atoms with Gasteiger partial charge < -0.3 is 10.4 Å². The summed E-state index contributed by atoms with van der Waals surface area (Å²) in [6.45, 7) is 6.47. The van der Waals surface area contributed by atoms with Crippen molar-refractivity contribution in [2.24, 2.45) is 5.41 Å². The summed E-state index contributed by atoms with van der Waals surface area (Å²) in [6.07, 6.45) is 3.45. The maximum absolute atomic E-state index is 11.8. The molecule has 2 aliphatic heterocycles. The van der Waals surface area contributed by atoms with E-state index in [1.54, 1.807) is 0 Å². The number of benzene rings is 1. The van der Waals surface area contributed by atoms with Gasteiger partial charge in [0, 0.05) is 11.6 Å². The first-order valence-electron chi connectivity index (χ1n) is 8.54. The Hall–Kier alpha value is -1.55. The molecule has 2 heterocycles. The highest BCUT2D eigenvalue weighted by Crippen LogP contribution is 2.60. The highest BCUT2D eigenvalue weighted by molar-refractivity contribution is 5.67. The van der Waals surface area contributed by atoms with Crippen molar-refractivity contribution in [3.05, 3.63) is 35.9 Å². The van der Waals surface area contributed by atoms with Crippen LogP contribution in [0.4, 0.5) is 4.79 Å². The van der Waals surface area contributed by atoms with E-state index in [2.05, 4.69) is 50.2 Å². The van der Waals surface area contributed by atoms with E-state index in [-0.39, 0.29) is 11.0 Å². The van der Waals surface area contributed by atoms with Gasteiger partial charge in [-0.2, -0.15) is 0 Å². The number of amides is 1. The molecular weight excluding hydrogens is 288 g/mol. The third-order valence-corrected chi connectivity index (χ3v) is 6.33. The van der Waals surface area contributed by atoms with Gasteiger partial charge in [0.1, 0.15) is 0 Å². The van der Waals surface area contributed by atoms with Gasteiger partial charge in [0.05, 0.1) is 5.54 Å². The van der Waals surface area contributed by atoms with Crippen molar-refractivity contribution < 1.29 is 9.90 Å². The van der Waals surface area contributed by atoms with E-state index in [0.717, 1.165) is 31.2 Å². The first-order valence-corrected chi connectivity index (χ1v) is 8.54. The van der Waals surface area contributed by atoms with Crippen molar-refractivity contribution in [3.63, 3.8) is 0 Å². The minimum atomic E-state index is -0.943. The number of rotatable bonds is 3. The maximum atomic E-state index is 11.8. The van der Waals surface area contributed by atoms with E-state index in [9.17, 15) is 9.90 Å². The zero-order chi connectivity index (χ0) is 16.9. The summed E-state index contributed by atoms with van der Waals surface area (Å²) < 4.78 is 0. The average Bonchev–Trinajstić information content (AvgIpc) is 2.98. The lowest BCUT2D eigenvalue weighted by Crippen LogP contribution is -2.70. The largest absolute Gasteiger partial charge is 0.465 e. The monoisotopic (exact) mass is 316 g/mol. The predicted octanol–water partition coefficient (Wildman–Crippen LogP) is 3.82. The lowest BCUT2D eigenvalue weighted by atomic mass is 9.56. The van der Waals surface area contributed by atoms with Crippen LogP contribution in [0.1, 0.15) is 52.0 Å². The van der Waals surface area contributed by atoms with Gasteiger partial charge in [-0.05, 0) is 43.7 Å². The highest BCUT2D eigenvalue weighted by Gasteiger charge is 2.66. The smallest absolute Gasteiger partial charge is 0.405 e. The maximum Gasteiger partial charge on any atom is 0.405 e. The summed E-state index contributed by atoms with van der Waals surface area (Å²) >= 11 is 0. The fraction of sp³-hybridized carbons (Fsp3) is 0.632. The molecule has 4 heteroatoms. The zero-order valence-corrected chi connectivity index (χ0v) is 14.6. The predicted molar refractivity (Wildman–Crippen MR) is 91.5 cm³/mol. The standard InChI is InChI=1S/C19H28N2O2/c1-17(2,3)19(20-16(22)23,14-8-6-5-7-9-14)18-12-10-15(11-13-18)21(18)4/h5-9,15,20H,10-13H2,1-4H3,(H,22,23). The Bertz CT molecular complexity index is 585. The summed E-state index contributed by atoms with van der Waals surface area (Å²) in [5, 5.41) is 12.7. The molecule has 2 N–H and O–H groups in total. The first kappa shape index (κ1) is 16.3. The van der Waals surface area contributed by atoms with Crippen LogP contribution in [0.3, 0.4) is 0 Å². The molecule has 126 valence electrons. The van der Waals surface area contributed by atoms with E-state index >= 15 is 0 Å². The Kier molecular flexibility index (Phi) is 3.71. The van der Waals surface area contributed by atoms with Crippen LogP contribution >= 0.6 is 0 Å². The third kappa shape index (κ3) is 2.11.